The van der Waals surface area contributed by atoms with Crippen LogP contribution in [0.2, 0.25) is 0 Å². The van der Waals surface area contributed by atoms with Crippen molar-refractivity contribution in [1.29, 1.82) is 0 Å². The lowest BCUT2D eigenvalue weighted by Crippen LogP contribution is -2.25. The van der Waals surface area contributed by atoms with E-state index in [1.807, 2.05) is 0 Å². The second kappa shape index (κ2) is 7.85. The minimum absolute atomic E-state index is 0.0705. The zero-order chi connectivity index (χ0) is 30.9. The molecule has 4 saturated carbocycles. The Hall–Kier alpha value is -3.72. The monoisotopic (exact) mass is 623 g/mol. The molecule has 4 heterocycles. The van der Waals surface area contributed by atoms with Crippen LogP contribution in [0.4, 0.5) is 0 Å². The molecule has 3 heteroatoms. The number of nitrogens with zero attached hydrogens (tertiary/aromatic N) is 3. The zero-order valence-corrected chi connectivity index (χ0v) is 28.1. The van der Waals surface area contributed by atoms with Gasteiger partial charge >= 0.3 is 0 Å². The predicted octanol–water partition coefficient (Wildman–Crippen LogP) is 11.4. The highest BCUT2D eigenvalue weighted by atomic mass is 15.0. The van der Waals surface area contributed by atoms with Crippen molar-refractivity contribution in [3.8, 4) is 0 Å². The Labute approximate surface area is 280 Å². The largest absolute Gasteiger partial charge is 0.305 e. The molecule has 3 nitrogen and oxygen atoms in total. The van der Waals surface area contributed by atoms with E-state index in [2.05, 4.69) is 61.0 Å². The highest BCUT2D eigenvalue weighted by Gasteiger charge is 2.47. The summed E-state index contributed by atoms with van der Waals surface area (Å²) >= 11 is 0. The lowest BCUT2D eigenvalue weighted by Gasteiger charge is -2.38. The lowest BCUT2D eigenvalue weighted by molar-refractivity contribution is 0.165. The minimum Gasteiger partial charge on any atom is -0.305 e. The average molecular weight is 624 g/mol. The molecule has 0 radical (unpaired) electrons. The molecular weight excluding hydrogens is 583 g/mol. The van der Waals surface area contributed by atoms with Crippen LogP contribution in [0.15, 0.2) is 42.7 Å². The number of hydrogen-bond acceptors (Lipinski definition) is 2. The fourth-order valence-electron chi connectivity index (χ4n) is 14.7. The summed E-state index contributed by atoms with van der Waals surface area (Å²) in [6.45, 7) is 5.06. The van der Waals surface area contributed by atoms with E-state index >= 15 is 0 Å². The summed E-state index contributed by atoms with van der Waals surface area (Å²) in [7, 11) is 0. The molecule has 4 atom stereocenters. The second-order valence-electron chi connectivity index (χ2n) is 18.6. The van der Waals surface area contributed by atoms with Crippen LogP contribution in [0.3, 0.4) is 0 Å². The van der Waals surface area contributed by atoms with Gasteiger partial charge in [-0.2, -0.15) is 0 Å². The molecule has 9 aliphatic rings. The minimum atomic E-state index is -0.0705. The summed E-state index contributed by atoms with van der Waals surface area (Å²) in [5.74, 6) is 6.13. The van der Waals surface area contributed by atoms with Gasteiger partial charge in [0.15, 0.2) is 0 Å². The van der Waals surface area contributed by atoms with Gasteiger partial charge in [-0.3, -0.25) is 9.97 Å². The third-order valence-electron chi connectivity index (χ3n) is 15.9. The van der Waals surface area contributed by atoms with Gasteiger partial charge in [-0.25, -0.2) is 0 Å². The first-order chi connectivity index (χ1) is 23.5. The van der Waals surface area contributed by atoms with Crippen molar-refractivity contribution in [3.05, 3.63) is 76.4 Å². The maximum absolute atomic E-state index is 5.54. The molecule has 48 heavy (non-hydrogen) atoms. The Kier molecular flexibility index (Phi) is 4.13. The highest BCUT2D eigenvalue weighted by molar-refractivity contribution is 6.37. The number of rotatable bonds is 0. The van der Waals surface area contributed by atoms with Gasteiger partial charge in [-0.1, -0.05) is 44.2 Å². The van der Waals surface area contributed by atoms with E-state index in [0.717, 1.165) is 23.7 Å². The van der Waals surface area contributed by atoms with Crippen LogP contribution < -0.4 is 0 Å². The van der Waals surface area contributed by atoms with Gasteiger partial charge in [-0.15, -0.1) is 0 Å². The smallest absolute Gasteiger partial charge is 0.0728 e. The number of benzene rings is 3. The van der Waals surface area contributed by atoms with E-state index < -0.39 is 0 Å². The molecule has 4 fully saturated rings. The fourth-order valence-corrected chi connectivity index (χ4v) is 14.7. The fraction of sp³-hybridized carbons (Fsp3) is 0.467. The standard InChI is InChI=1S/C45H41N3/c1-45(2)30-5-3-4-24-6-7-29-36(33(24)30)41(45)40-39-32(19-47-43-28-16-22-9-23(17-28)13-26(12-22)35(39)43)48-31-18-46-42-27-14-20-8-21(15-27)11-25(10-20)34(42)38(31)37(29)44(40)48/h3-7,18-23,25-28H,8-17H2,1-2H3. The van der Waals surface area contributed by atoms with Crippen LogP contribution in [0, 0.1) is 23.7 Å². The summed E-state index contributed by atoms with van der Waals surface area (Å²) in [5.41, 5.74) is 13.5. The summed E-state index contributed by atoms with van der Waals surface area (Å²) in [5, 5.41) is 12.2. The molecule has 236 valence electrons. The van der Waals surface area contributed by atoms with E-state index in [0.29, 0.717) is 23.7 Å². The molecule has 4 aromatic heterocycles. The van der Waals surface area contributed by atoms with Gasteiger partial charge in [0.25, 0.3) is 0 Å². The second-order valence-corrected chi connectivity index (χ2v) is 18.6. The number of hydrogen-bond donors (Lipinski definition) is 0. The average Bonchev–Trinajstić information content (AvgIpc) is 3.58. The van der Waals surface area contributed by atoms with Crippen molar-refractivity contribution in [2.45, 2.75) is 107 Å². The molecule has 0 spiro atoms. The molecule has 3 aromatic carbocycles. The number of pyridine rings is 2. The van der Waals surface area contributed by atoms with Crippen LogP contribution in [0.25, 0.3) is 59.6 Å². The van der Waals surface area contributed by atoms with E-state index in [4.69, 9.17) is 9.97 Å². The van der Waals surface area contributed by atoms with Crippen molar-refractivity contribution in [2.75, 3.05) is 0 Å². The summed E-state index contributed by atoms with van der Waals surface area (Å²) < 4.78 is 2.71. The molecule has 8 bridgehead atoms. The summed E-state index contributed by atoms with van der Waals surface area (Å²) in [4.78, 5) is 11.1. The quantitative estimate of drug-likeness (QED) is 0.157. The van der Waals surface area contributed by atoms with E-state index in [1.54, 1.807) is 38.2 Å². The molecule has 0 aliphatic heterocycles. The first-order valence-electron chi connectivity index (χ1n) is 19.4. The van der Waals surface area contributed by atoms with Gasteiger partial charge in [0.05, 0.1) is 28.9 Å². The third kappa shape index (κ3) is 2.64. The Morgan fingerprint density at radius 2 is 1.12 bits per heavy atom. The van der Waals surface area contributed by atoms with Crippen molar-refractivity contribution in [1.82, 2.24) is 14.4 Å². The molecular formula is C45H41N3. The van der Waals surface area contributed by atoms with Crippen LogP contribution in [0.1, 0.15) is 135 Å². The molecule has 16 rings (SSSR count). The molecule has 4 unspecified atom stereocenters. The van der Waals surface area contributed by atoms with Crippen LogP contribution in [-0.2, 0) is 5.41 Å². The predicted molar refractivity (Wildman–Crippen MR) is 195 cm³/mol. The SMILES string of the molecule is CC1(C)c2cccc3ccc4c(c1c1c5c6c(ncc5n5c7cnc8c(c7c4c15)C1CC4CC(CC8C4)C1)C1CC4CC(C1)CC6C4)c23. The van der Waals surface area contributed by atoms with Gasteiger partial charge in [-0.05, 0) is 144 Å². The molecule has 0 saturated heterocycles. The van der Waals surface area contributed by atoms with Gasteiger partial charge in [0, 0.05) is 50.2 Å². The van der Waals surface area contributed by atoms with Crippen molar-refractivity contribution in [3.63, 3.8) is 0 Å². The maximum atomic E-state index is 5.54. The Morgan fingerprint density at radius 3 is 1.73 bits per heavy atom. The number of fused-ring (bicyclic) bond motifs is 8. The lowest BCUT2D eigenvalue weighted by atomic mass is 9.67. The van der Waals surface area contributed by atoms with Crippen LogP contribution in [0.5, 0.6) is 0 Å². The van der Waals surface area contributed by atoms with Crippen LogP contribution >= 0.6 is 0 Å². The van der Waals surface area contributed by atoms with Gasteiger partial charge in [0.2, 0.25) is 0 Å². The Balaban J connectivity index is 1.26. The number of aromatic nitrogens is 3. The summed E-state index contributed by atoms with van der Waals surface area (Å²) in [6.07, 6.45) is 18.5. The Bertz CT molecular complexity index is 2650. The first-order valence-corrected chi connectivity index (χ1v) is 19.4. The molecule has 9 aliphatic carbocycles. The topological polar surface area (TPSA) is 30.2 Å². The van der Waals surface area contributed by atoms with Crippen molar-refractivity contribution < 1.29 is 0 Å². The van der Waals surface area contributed by atoms with Gasteiger partial charge < -0.3 is 4.40 Å². The Morgan fingerprint density at radius 1 is 0.562 bits per heavy atom. The zero-order valence-electron chi connectivity index (χ0n) is 28.1. The normalized spacial score (nSPS) is 33.4. The van der Waals surface area contributed by atoms with Crippen LogP contribution in [-0.4, -0.2) is 14.4 Å². The molecule has 7 aromatic rings. The van der Waals surface area contributed by atoms with Crippen molar-refractivity contribution in [2.24, 2.45) is 23.7 Å². The van der Waals surface area contributed by atoms with E-state index in [9.17, 15) is 0 Å². The maximum Gasteiger partial charge on any atom is 0.0728 e. The highest BCUT2D eigenvalue weighted by Crippen LogP contribution is 2.63. The summed E-state index contributed by atoms with van der Waals surface area (Å²) in [6, 6.07) is 12.1. The van der Waals surface area contributed by atoms with E-state index in [-0.39, 0.29) is 5.41 Å². The molecule has 0 amide bonds. The van der Waals surface area contributed by atoms with Crippen molar-refractivity contribution >= 4 is 59.6 Å². The molecule has 0 N–H and O–H groups in total. The van der Waals surface area contributed by atoms with E-state index in [1.165, 1.54) is 119 Å². The third-order valence-corrected chi connectivity index (χ3v) is 15.9. The first kappa shape index (κ1) is 25.3. The van der Waals surface area contributed by atoms with Gasteiger partial charge in [0.1, 0.15) is 0 Å².